The molecule has 2 atom stereocenters. The number of amides is 1. The first kappa shape index (κ1) is 18.2. The zero-order chi connectivity index (χ0) is 18.5. The van der Waals surface area contributed by atoms with Crippen LogP contribution in [0.5, 0.6) is 5.75 Å². The van der Waals surface area contributed by atoms with Crippen LogP contribution in [0, 0.1) is 20.8 Å². The van der Waals surface area contributed by atoms with Gasteiger partial charge in [0.25, 0.3) is 0 Å². The van der Waals surface area contributed by atoms with Gasteiger partial charge in [-0.1, -0.05) is 0 Å². The van der Waals surface area contributed by atoms with Gasteiger partial charge in [0.1, 0.15) is 11.8 Å². The lowest BCUT2D eigenvalue weighted by Gasteiger charge is -2.41. The fraction of sp³-hybridized carbons (Fsp3) is 0.611. The maximum absolute atomic E-state index is 13.4. The molecular weight excluding hydrogens is 340 g/mol. The highest BCUT2D eigenvalue weighted by Crippen LogP contribution is 2.35. The number of benzene rings is 1. The van der Waals surface area contributed by atoms with Gasteiger partial charge >= 0.3 is 0 Å². The molecule has 138 valence electrons. The molecule has 2 aliphatic heterocycles. The van der Waals surface area contributed by atoms with Gasteiger partial charge < -0.3 is 9.64 Å². The van der Waals surface area contributed by atoms with Gasteiger partial charge in [0.05, 0.1) is 12.0 Å². The molecule has 25 heavy (non-hydrogen) atoms. The number of piperazine rings is 1. The lowest BCUT2D eigenvalue weighted by Crippen LogP contribution is -2.60. The normalized spacial score (nSPS) is 24.5. The number of sulfonamides is 1. The Bertz CT molecular complexity index is 819. The quantitative estimate of drug-likeness (QED) is 0.821. The van der Waals surface area contributed by atoms with Gasteiger partial charge in [-0.25, -0.2) is 8.42 Å². The van der Waals surface area contributed by atoms with Gasteiger partial charge in [-0.15, -0.1) is 0 Å². The van der Waals surface area contributed by atoms with Crippen molar-refractivity contribution in [1.29, 1.82) is 0 Å². The van der Waals surface area contributed by atoms with Gasteiger partial charge in [-0.3, -0.25) is 4.79 Å². The number of hydrogen-bond donors (Lipinski definition) is 0. The highest BCUT2D eigenvalue weighted by atomic mass is 32.2. The first-order valence-corrected chi connectivity index (χ1v) is 10.1. The van der Waals surface area contributed by atoms with Crippen LogP contribution >= 0.6 is 0 Å². The molecule has 1 aromatic carbocycles. The number of carbonyl (C=O) groups is 1. The molecule has 1 amide bonds. The van der Waals surface area contributed by atoms with E-state index in [1.165, 1.54) is 4.31 Å². The Balaban J connectivity index is 2.08. The monoisotopic (exact) mass is 366 g/mol. The van der Waals surface area contributed by atoms with Crippen molar-refractivity contribution in [2.75, 3.05) is 20.2 Å². The highest BCUT2D eigenvalue weighted by molar-refractivity contribution is 7.89. The van der Waals surface area contributed by atoms with Crippen LogP contribution in [0.3, 0.4) is 0 Å². The summed E-state index contributed by atoms with van der Waals surface area (Å²) in [5.41, 5.74) is 2.14. The van der Waals surface area contributed by atoms with E-state index in [2.05, 4.69) is 0 Å². The molecule has 0 aliphatic carbocycles. The Morgan fingerprint density at radius 1 is 1.20 bits per heavy atom. The molecule has 0 bridgehead atoms. The maximum Gasteiger partial charge on any atom is 0.244 e. The molecular formula is C18H26N2O4S. The van der Waals surface area contributed by atoms with Crippen molar-refractivity contribution in [3.63, 3.8) is 0 Å². The second kappa shape index (κ2) is 6.29. The van der Waals surface area contributed by atoms with Crippen LogP contribution in [-0.4, -0.2) is 55.8 Å². The van der Waals surface area contributed by atoms with Gasteiger partial charge in [0, 0.05) is 19.1 Å². The fourth-order valence-electron chi connectivity index (χ4n) is 4.10. The number of fused-ring (bicyclic) bond motifs is 1. The second-order valence-corrected chi connectivity index (χ2v) is 8.88. The number of hydrogen-bond acceptors (Lipinski definition) is 4. The Morgan fingerprint density at radius 2 is 1.88 bits per heavy atom. The largest absolute Gasteiger partial charge is 0.496 e. The van der Waals surface area contributed by atoms with Crippen molar-refractivity contribution in [3.05, 3.63) is 22.8 Å². The van der Waals surface area contributed by atoms with Crippen molar-refractivity contribution in [3.8, 4) is 5.75 Å². The lowest BCUT2D eigenvalue weighted by atomic mass is 10.1. The van der Waals surface area contributed by atoms with E-state index in [4.69, 9.17) is 4.74 Å². The van der Waals surface area contributed by atoms with E-state index < -0.39 is 16.1 Å². The maximum atomic E-state index is 13.4. The molecule has 0 unspecified atom stereocenters. The van der Waals surface area contributed by atoms with E-state index in [9.17, 15) is 13.2 Å². The predicted molar refractivity (Wildman–Crippen MR) is 95.3 cm³/mol. The molecule has 0 aromatic heterocycles. The molecule has 7 heteroatoms. The number of aryl methyl sites for hydroxylation is 1. The van der Waals surface area contributed by atoms with Gasteiger partial charge in [-0.2, -0.15) is 4.31 Å². The number of nitrogens with zero attached hydrogens (tertiary/aromatic N) is 2. The Hall–Kier alpha value is -1.60. The molecule has 2 fully saturated rings. The van der Waals surface area contributed by atoms with E-state index in [-0.39, 0.29) is 11.9 Å². The summed E-state index contributed by atoms with van der Waals surface area (Å²) in [7, 11) is -2.18. The minimum Gasteiger partial charge on any atom is -0.496 e. The van der Waals surface area contributed by atoms with Crippen LogP contribution in [0.4, 0.5) is 0 Å². The van der Waals surface area contributed by atoms with Crippen molar-refractivity contribution < 1.29 is 17.9 Å². The van der Waals surface area contributed by atoms with Crippen molar-refractivity contribution in [1.82, 2.24) is 9.21 Å². The molecule has 0 radical (unpaired) electrons. The first-order chi connectivity index (χ1) is 11.7. The van der Waals surface area contributed by atoms with E-state index in [0.717, 1.165) is 24.9 Å². The summed E-state index contributed by atoms with van der Waals surface area (Å²) in [6.07, 6.45) is 1.81. The number of methoxy groups -OCH3 is 1. The average Bonchev–Trinajstić information content (AvgIpc) is 3.02. The third kappa shape index (κ3) is 2.73. The number of ether oxygens (including phenoxy) is 1. The molecule has 2 saturated heterocycles. The average molecular weight is 366 g/mol. The summed E-state index contributed by atoms with van der Waals surface area (Å²) < 4.78 is 33.6. The van der Waals surface area contributed by atoms with E-state index in [1.807, 2.05) is 11.8 Å². The Kier molecular flexibility index (Phi) is 4.58. The Morgan fingerprint density at radius 3 is 2.52 bits per heavy atom. The van der Waals surface area contributed by atoms with Gasteiger partial charge in [-0.05, 0) is 63.3 Å². The summed E-state index contributed by atoms with van der Waals surface area (Å²) >= 11 is 0. The molecule has 0 N–H and O–H groups in total. The molecule has 0 saturated carbocycles. The fourth-order valence-corrected chi connectivity index (χ4v) is 6.21. The van der Waals surface area contributed by atoms with Crippen molar-refractivity contribution in [2.45, 2.75) is 57.5 Å². The van der Waals surface area contributed by atoms with Crippen LogP contribution in [0.1, 0.15) is 36.5 Å². The molecule has 2 aliphatic rings. The Labute approximate surface area is 149 Å². The molecule has 1 aromatic rings. The van der Waals surface area contributed by atoms with E-state index in [0.29, 0.717) is 28.3 Å². The van der Waals surface area contributed by atoms with Gasteiger partial charge in [0.15, 0.2) is 0 Å². The molecule has 6 nitrogen and oxygen atoms in total. The third-order valence-electron chi connectivity index (χ3n) is 5.61. The zero-order valence-electron chi connectivity index (χ0n) is 15.5. The number of carbonyl (C=O) groups excluding carboxylic acids is 1. The summed E-state index contributed by atoms with van der Waals surface area (Å²) in [6, 6.07) is 1.09. The summed E-state index contributed by atoms with van der Waals surface area (Å²) in [6.45, 7) is 8.24. The highest BCUT2D eigenvalue weighted by Gasteiger charge is 2.46. The van der Waals surface area contributed by atoms with Crippen LogP contribution in [0.25, 0.3) is 0 Å². The minimum absolute atomic E-state index is 0.00145. The molecule has 0 spiro atoms. The lowest BCUT2D eigenvalue weighted by molar-refractivity contribution is -0.139. The SMILES string of the molecule is COc1cc(C)c(S(=O)(=O)N2C[C@@H]3CCCN3C(=O)[C@@H]2C)c(C)c1C. The minimum atomic E-state index is -3.76. The molecule has 2 heterocycles. The molecule has 3 rings (SSSR count). The second-order valence-electron chi connectivity index (χ2n) is 7.05. The van der Waals surface area contributed by atoms with Crippen LogP contribution in [-0.2, 0) is 14.8 Å². The predicted octanol–water partition coefficient (Wildman–Crippen LogP) is 2.00. The number of rotatable bonds is 3. The van der Waals surface area contributed by atoms with Crippen molar-refractivity contribution in [2.24, 2.45) is 0 Å². The van der Waals surface area contributed by atoms with Crippen LogP contribution in [0.2, 0.25) is 0 Å². The summed E-state index contributed by atoms with van der Waals surface area (Å²) in [5.74, 6) is 0.594. The standard InChI is InChI=1S/C18H26N2O4S/c1-11-9-16(24-5)12(2)13(3)17(11)25(22,23)20-10-15-7-6-8-19(15)18(21)14(20)4/h9,14-15H,6-8,10H2,1-5H3/t14-,15-/m0/s1. The topological polar surface area (TPSA) is 66.9 Å². The van der Waals surface area contributed by atoms with Gasteiger partial charge in [0.2, 0.25) is 15.9 Å². The smallest absolute Gasteiger partial charge is 0.244 e. The van der Waals surface area contributed by atoms with Crippen LogP contribution in [0.15, 0.2) is 11.0 Å². The summed E-state index contributed by atoms with van der Waals surface area (Å²) in [5, 5.41) is 0. The summed E-state index contributed by atoms with van der Waals surface area (Å²) in [4.78, 5) is 14.8. The van der Waals surface area contributed by atoms with E-state index >= 15 is 0 Å². The third-order valence-corrected chi connectivity index (χ3v) is 7.83. The van der Waals surface area contributed by atoms with Crippen LogP contribution < -0.4 is 4.74 Å². The zero-order valence-corrected chi connectivity index (χ0v) is 16.3. The first-order valence-electron chi connectivity index (χ1n) is 8.67. The van der Waals surface area contributed by atoms with Crippen molar-refractivity contribution >= 4 is 15.9 Å². The van der Waals surface area contributed by atoms with E-state index in [1.54, 1.807) is 33.9 Å².